The minimum Gasteiger partial charge on any atom is -0.393 e. The zero-order chi connectivity index (χ0) is 17.4. The van der Waals surface area contributed by atoms with Crippen LogP contribution in [0.2, 0.25) is 0 Å². The second-order valence-electron chi connectivity index (χ2n) is 7.72. The number of nitrogens with zero attached hydrogens (tertiary/aromatic N) is 4. The van der Waals surface area contributed by atoms with Gasteiger partial charge in [-0.25, -0.2) is 9.97 Å². The molecule has 0 unspecified atom stereocenters. The maximum Gasteiger partial charge on any atom is 0.230 e. The largest absolute Gasteiger partial charge is 0.393 e. The van der Waals surface area contributed by atoms with E-state index < -0.39 is 0 Å². The van der Waals surface area contributed by atoms with E-state index in [0.717, 1.165) is 69.1 Å². The molecule has 1 aromatic rings. The van der Waals surface area contributed by atoms with Gasteiger partial charge in [-0.05, 0) is 60.9 Å². The first-order chi connectivity index (χ1) is 12.1. The standard InChI is InChI=1S/C18H25BrN4O2/c19-13-10-20-17(21-11-13)22-8-1-6-18(12-22)7-9-23(16(18)25)14-2-4-15(24)5-3-14/h10-11,14-15,24H,1-9,12H2/t14?,15?,18-/m1/s1. The van der Waals surface area contributed by atoms with Crippen molar-refractivity contribution in [2.75, 3.05) is 24.5 Å². The monoisotopic (exact) mass is 408 g/mol. The molecule has 3 heterocycles. The van der Waals surface area contributed by atoms with E-state index in [4.69, 9.17) is 0 Å². The van der Waals surface area contributed by atoms with Crippen molar-refractivity contribution in [2.45, 2.75) is 57.1 Å². The molecule has 3 aliphatic rings. The Labute approximate surface area is 156 Å². The van der Waals surface area contributed by atoms with Gasteiger partial charge < -0.3 is 14.9 Å². The van der Waals surface area contributed by atoms with Crippen molar-refractivity contribution in [1.82, 2.24) is 14.9 Å². The first-order valence-electron chi connectivity index (χ1n) is 9.29. The lowest BCUT2D eigenvalue weighted by Crippen LogP contribution is -2.50. The molecule has 3 fully saturated rings. The van der Waals surface area contributed by atoms with Gasteiger partial charge in [0.25, 0.3) is 0 Å². The second-order valence-corrected chi connectivity index (χ2v) is 8.63. The summed E-state index contributed by atoms with van der Waals surface area (Å²) in [4.78, 5) is 26.4. The summed E-state index contributed by atoms with van der Waals surface area (Å²) in [5, 5.41) is 9.73. The molecule has 0 radical (unpaired) electrons. The molecular weight excluding hydrogens is 384 g/mol. The third kappa shape index (κ3) is 3.28. The van der Waals surface area contributed by atoms with Crippen molar-refractivity contribution < 1.29 is 9.90 Å². The van der Waals surface area contributed by atoms with Crippen LogP contribution in [0, 0.1) is 5.41 Å². The Morgan fingerprint density at radius 1 is 1.12 bits per heavy atom. The smallest absolute Gasteiger partial charge is 0.230 e. The number of aliphatic hydroxyl groups excluding tert-OH is 1. The minimum absolute atomic E-state index is 0.178. The van der Waals surface area contributed by atoms with Gasteiger partial charge in [-0.2, -0.15) is 0 Å². The Morgan fingerprint density at radius 2 is 1.84 bits per heavy atom. The highest BCUT2D eigenvalue weighted by Crippen LogP contribution is 2.43. The van der Waals surface area contributed by atoms with E-state index >= 15 is 0 Å². The number of hydrogen-bond donors (Lipinski definition) is 1. The zero-order valence-corrected chi connectivity index (χ0v) is 16.0. The van der Waals surface area contributed by atoms with E-state index in [1.54, 1.807) is 12.4 Å². The quantitative estimate of drug-likeness (QED) is 0.812. The molecule has 1 saturated carbocycles. The van der Waals surface area contributed by atoms with E-state index in [9.17, 15) is 9.90 Å². The Bertz CT molecular complexity index is 632. The minimum atomic E-state index is -0.273. The predicted octanol–water partition coefficient (Wildman–Crippen LogP) is 2.36. The molecule has 0 aromatic carbocycles. The summed E-state index contributed by atoms with van der Waals surface area (Å²) in [6, 6.07) is 0.314. The van der Waals surface area contributed by atoms with E-state index in [1.807, 2.05) is 0 Å². The van der Waals surface area contributed by atoms with Crippen molar-refractivity contribution in [3.8, 4) is 0 Å². The number of likely N-dealkylation sites (tertiary alicyclic amines) is 1. The van der Waals surface area contributed by atoms with Gasteiger partial charge in [0.15, 0.2) is 0 Å². The molecule has 4 rings (SSSR count). The van der Waals surface area contributed by atoms with Gasteiger partial charge in [0.2, 0.25) is 11.9 Å². The fourth-order valence-electron chi connectivity index (χ4n) is 4.72. The number of aliphatic hydroxyl groups is 1. The summed E-state index contributed by atoms with van der Waals surface area (Å²) >= 11 is 3.37. The third-order valence-electron chi connectivity index (χ3n) is 6.12. The van der Waals surface area contributed by atoms with Crippen LogP contribution in [-0.4, -0.2) is 57.7 Å². The van der Waals surface area contributed by atoms with Crippen molar-refractivity contribution in [1.29, 1.82) is 0 Å². The molecule has 1 aliphatic carbocycles. The van der Waals surface area contributed by atoms with Crippen molar-refractivity contribution >= 4 is 27.8 Å². The molecule has 25 heavy (non-hydrogen) atoms. The number of piperidine rings is 1. The second kappa shape index (κ2) is 6.83. The first kappa shape index (κ1) is 17.2. The van der Waals surface area contributed by atoms with E-state index in [1.165, 1.54) is 0 Å². The van der Waals surface area contributed by atoms with Crippen LogP contribution in [-0.2, 0) is 4.79 Å². The predicted molar refractivity (Wildman–Crippen MR) is 98.2 cm³/mol. The number of aromatic nitrogens is 2. The average molecular weight is 409 g/mol. The molecule has 2 saturated heterocycles. The fraction of sp³-hybridized carbons (Fsp3) is 0.722. The Morgan fingerprint density at radius 3 is 2.56 bits per heavy atom. The fourth-order valence-corrected chi connectivity index (χ4v) is 4.92. The zero-order valence-electron chi connectivity index (χ0n) is 14.4. The van der Waals surface area contributed by atoms with Crippen LogP contribution in [0.4, 0.5) is 5.95 Å². The van der Waals surface area contributed by atoms with Crippen LogP contribution in [0.5, 0.6) is 0 Å². The third-order valence-corrected chi connectivity index (χ3v) is 6.53. The molecule has 136 valence electrons. The van der Waals surface area contributed by atoms with Gasteiger partial charge in [-0.3, -0.25) is 4.79 Å². The van der Waals surface area contributed by atoms with Gasteiger partial charge in [-0.1, -0.05) is 0 Å². The number of hydrogen-bond acceptors (Lipinski definition) is 5. The average Bonchev–Trinajstić information content (AvgIpc) is 2.93. The highest BCUT2D eigenvalue weighted by molar-refractivity contribution is 9.10. The number of rotatable bonds is 2. The van der Waals surface area contributed by atoms with Gasteiger partial charge in [0.05, 0.1) is 16.0 Å². The Hall–Kier alpha value is -1.21. The lowest BCUT2D eigenvalue weighted by atomic mass is 9.78. The van der Waals surface area contributed by atoms with E-state index in [2.05, 4.69) is 35.7 Å². The van der Waals surface area contributed by atoms with Crippen LogP contribution < -0.4 is 4.90 Å². The molecule has 7 heteroatoms. The van der Waals surface area contributed by atoms with Crippen LogP contribution in [0.1, 0.15) is 44.9 Å². The molecular formula is C18H25BrN4O2. The molecule has 1 atom stereocenters. The number of amides is 1. The molecule has 1 amide bonds. The molecule has 0 bridgehead atoms. The van der Waals surface area contributed by atoms with E-state index in [0.29, 0.717) is 17.9 Å². The molecule has 1 aromatic heterocycles. The first-order valence-corrected chi connectivity index (χ1v) is 10.1. The molecule has 6 nitrogen and oxygen atoms in total. The normalized spacial score (nSPS) is 33.3. The maximum absolute atomic E-state index is 13.3. The highest BCUT2D eigenvalue weighted by Gasteiger charge is 2.50. The van der Waals surface area contributed by atoms with Crippen LogP contribution in [0.3, 0.4) is 0 Å². The summed E-state index contributed by atoms with van der Waals surface area (Å²) in [6.07, 6.45) is 9.75. The van der Waals surface area contributed by atoms with Gasteiger partial charge in [0.1, 0.15) is 0 Å². The summed E-state index contributed by atoms with van der Waals surface area (Å²) < 4.78 is 0.866. The van der Waals surface area contributed by atoms with Crippen molar-refractivity contribution in [3.63, 3.8) is 0 Å². The number of anilines is 1. The van der Waals surface area contributed by atoms with Crippen molar-refractivity contribution in [3.05, 3.63) is 16.9 Å². The molecule has 2 aliphatic heterocycles. The van der Waals surface area contributed by atoms with E-state index in [-0.39, 0.29) is 11.5 Å². The summed E-state index contributed by atoms with van der Waals surface area (Å²) in [5.41, 5.74) is -0.273. The Kier molecular flexibility index (Phi) is 4.71. The summed E-state index contributed by atoms with van der Waals surface area (Å²) in [6.45, 7) is 2.49. The van der Waals surface area contributed by atoms with Crippen LogP contribution >= 0.6 is 15.9 Å². The number of halogens is 1. The topological polar surface area (TPSA) is 69.6 Å². The van der Waals surface area contributed by atoms with Crippen LogP contribution in [0.25, 0.3) is 0 Å². The van der Waals surface area contributed by atoms with Crippen molar-refractivity contribution in [2.24, 2.45) is 5.41 Å². The van der Waals surface area contributed by atoms with Gasteiger partial charge in [0, 0.05) is 38.1 Å². The summed E-state index contributed by atoms with van der Waals surface area (Å²) in [7, 11) is 0. The summed E-state index contributed by atoms with van der Waals surface area (Å²) in [5.74, 6) is 1.03. The van der Waals surface area contributed by atoms with Crippen LogP contribution in [0.15, 0.2) is 16.9 Å². The van der Waals surface area contributed by atoms with Gasteiger partial charge >= 0.3 is 0 Å². The lowest BCUT2D eigenvalue weighted by Gasteiger charge is -2.40. The number of carbonyl (C=O) groups is 1. The van der Waals surface area contributed by atoms with Gasteiger partial charge in [-0.15, -0.1) is 0 Å². The highest BCUT2D eigenvalue weighted by atomic mass is 79.9. The lowest BCUT2D eigenvalue weighted by molar-refractivity contribution is -0.139. The Balaban J connectivity index is 1.48. The molecule has 1 N–H and O–H groups in total. The number of carbonyl (C=O) groups excluding carboxylic acids is 1. The maximum atomic E-state index is 13.3. The SMILES string of the molecule is O=C1N(C2CCC(O)CC2)CC[C@@]12CCCN(c1ncc(Br)cn1)C2. The molecule has 1 spiro atoms.